The van der Waals surface area contributed by atoms with Crippen LogP contribution in [0.4, 0.5) is 10.1 Å². The number of ketones is 1. The quantitative estimate of drug-likeness (QED) is 0.608. The van der Waals surface area contributed by atoms with Crippen molar-refractivity contribution in [3.05, 3.63) is 41.2 Å². The largest absolute Gasteiger partial charge is 0.300 e. The van der Waals surface area contributed by atoms with Crippen molar-refractivity contribution in [1.82, 2.24) is 0 Å². The van der Waals surface area contributed by atoms with E-state index in [4.69, 9.17) is 0 Å². The molecule has 1 aromatic rings. The number of carbonyl (C=O) groups is 2. The van der Waals surface area contributed by atoms with Crippen molar-refractivity contribution in [2.75, 3.05) is 11.4 Å². The van der Waals surface area contributed by atoms with E-state index in [1.165, 1.54) is 11.0 Å². The number of carbonyl (C=O) groups excluding carboxylic acids is 2. The molecule has 1 amide bonds. The molecule has 0 saturated heterocycles. The van der Waals surface area contributed by atoms with E-state index in [1.807, 2.05) is 6.92 Å². The molecule has 4 heteroatoms. The molecule has 0 radical (unpaired) electrons. The van der Waals surface area contributed by atoms with Crippen LogP contribution in [0.1, 0.15) is 29.3 Å². The second kappa shape index (κ2) is 4.37. The Morgan fingerprint density at radius 2 is 2.06 bits per heavy atom. The molecule has 0 aliphatic carbocycles. The predicted molar refractivity (Wildman–Crippen MR) is 67.3 cm³/mol. The fourth-order valence-electron chi connectivity index (χ4n) is 2.09. The third-order valence-electron chi connectivity index (χ3n) is 3.10. The average molecular weight is 247 g/mol. The van der Waals surface area contributed by atoms with Crippen LogP contribution < -0.4 is 4.90 Å². The summed E-state index contributed by atoms with van der Waals surface area (Å²) in [6.07, 6.45) is 0.730. The number of halogens is 1. The first-order valence-electron chi connectivity index (χ1n) is 5.78. The van der Waals surface area contributed by atoms with E-state index in [0.29, 0.717) is 17.8 Å². The van der Waals surface area contributed by atoms with Gasteiger partial charge in [0.1, 0.15) is 5.82 Å². The summed E-state index contributed by atoms with van der Waals surface area (Å²) in [5, 5.41) is 0. The van der Waals surface area contributed by atoms with Gasteiger partial charge < -0.3 is 4.90 Å². The molecule has 1 heterocycles. The van der Waals surface area contributed by atoms with Gasteiger partial charge in [-0.25, -0.2) is 4.39 Å². The summed E-state index contributed by atoms with van der Waals surface area (Å²) in [7, 11) is 0. The van der Waals surface area contributed by atoms with Crippen molar-refractivity contribution < 1.29 is 14.0 Å². The highest BCUT2D eigenvalue weighted by atomic mass is 19.1. The zero-order chi connectivity index (χ0) is 13.4. The lowest BCUT2D eigenvalue weighted by Crippen LogP contribution is -2.31. The molecule has 2 rings (SSSR count). The molecule has 3 nitrogen and oxygen atoms in total. The number of anilines is 1. The maximum Gasteiger partial charge on any atom is 0.299 e. The van der Waals surface area contributed by atoms with Crippen LogP contribution in [0, 0.1) is 12.7 Å². The number of hydrogen-bond donors (Lipinski definition) is 0. The van der Waals surface area contributed by atoms with Gasteiger partial charge in [0.15, 0.2) is 0 Å². The Kier molecular flexibility index (Phi) is 3.03. The maximum absolute atomic E-state index is 13.3. The van der Waals surface area contributed by atoms with Crippen molar-refractivity contribution in [3.8, 4) is 0 Å². The molecule has 1 aromatic carbocycles. The van der Waals surface area contributed by atoms with Gasteiger partial charge in [-0.15, -0.1) is 0 Å². The molecule has 1 aliphatic heterocycles. The maximum atomic E-state index is 13.3. The topological polar surface area (TPSA) is 37.4 Å². The standard InChI is InChI=1S/C14H14FNO2/c1-4-8(2)7-16-12-9(3)5-10(15)6-11(12)13(17)14(16)18/h5-6H,2,4,7H2,1,3H3. The number of rotatable bonds is 3. The Balaban J connectivity index is 2.51. The Hall–Kier alpha value is -1.97. The number of benzene rings is 1. The molecule has 0 atom stereocenters. The van der Waals surface area contributed by atoms with Crippen LogP contribution in [0.15, 0.2) is 24.3 Å². The van der Waals surface area contributed by atoms with Gasteiger partial charge in [-0.05, 0) is 31.0 Å². The van der Waals surface area contributed by atoms with Gasteiger partial charge in [-0.3, -0.25) is 9.59 Å². The lowest BCUT2D eigenvalue weighted by molar-refractivity contribution is -0.114. The summed E-state index contributed by atoms with van der Waals surface area (Å²) < 4.78 is 13.3. The minimum absolute atomic E-state index is 0.154. The third-order valence-corrected chi connectivity index (χ3v) is 3.10. The van der Waals surface area contributed by atoms with E-state index in [9.17, 15) is 14.0 Å². The van der Waals surface area contributed by atoms with Crippen LogP contribution in [-0.2, 0) is 4.79 Å². The number of nitrogens with zero attached hydrogens (tertiary/aromatic N) is 1. The predicted octanol–water partition coefficient (Wildman–Crippen LogP) is 2.63. The normalized spacial score (nSPS) is 14.1. The molecule has 94 valence electrons. The van der Waals surface area contributed by atoms with E-state index in [1.54, 1.807) is 6.92 Å². The second-order valence-corrected chi connectivity index (χ2v) is 4.44. The van der Waals surface area contributed by atoms with Gasteiger partial charge in [0.2, 0.25) is 0 Å². The first-order valence-corrected chi connectivity index (χ1v) is 5.78. The number of hydrogen-bond acceptors (Lipinski definition) is 2. The average Bonchev–Trinajstić information content (AvgIpc) is 2.54. The van der Waals surface area contributed by atoms with Crippen molar-refractivity contribution >= 4 is 17.4 Å². The van der Waals surface area contributed by atoms with Crippen molar-refractivity contribution in [2.45, 2.75) is 20.3 Å². The van der Waals surface area contributed by atoms with Crippen LogP contribution in [0.25, 0.3) is 0 Å². The van der Waals surface area contributed by atoms with Crippen molar-refractivity contribution in [3.63, 3.8) is 0 Å². The van der Waals surface area contributed by atoms with Crippen LogP contribution >= 0.6 is 0 Å². The number of aryl methyl sites for hydroxylation is 1. The molecular formula is C14H14FNO2. The molecule has 1 aliphatic rings. The third kappa shape index (κ3) is 1.83. The van der Waals surface area contributed by atoms with Crippen LogP contribution in [0.5, 0.6) is 0 Å². The van der Waals surface area contributed by atoms with Gasteiger partial charge in [0.25, 0.3) is 11.7 Å². The van der Waals surface area contributed by atoms with E-state index >= 15 is 0 Å². The molecular weight excluding hydrogens is 233 g/mol. The Bertz CT molecular complexity index is 563. The fraction of sp³-hybridized carbons (Fsp3) is 0.286. The first-order chi connectivity index (χ1) is 8.45. The highest BCUT2D eigenvalue weighted by Gasteiger charge is 2.37. The van der Waals surface area contributed by atoms with Crippen molar-refractivity contribution in [2.24, 2.45) is 0 Å². The summed E-state index contributed by atoms with van der Waals surface area (Å²) >= 11 is 0. The molecule has 0 N–H and O–H groups in total. The Morgan fingerprint density at radius 1 is 1.39 bits per heavy atom. The number of fused-ring (bicyclic) bond motifs is 1. The van der Waals surface area contributed by atoms with Crippen molar-refractivity contribution in [1.29, 1.82) is 0 Å². The first kappa shape index (κ1) is 12.5. The highest BCUT2D eigenvalue weighted by Crippen LogP contribution is 2.33. The molecule has 0 fully saturated rings. The zero-order valence-corrected chi connectivity index (χ0v) is 10.4. The SMILES string of the molecule is C=C(CC)CN1C(=O)C(=O)c2cc(F)cc(C)c21. The van der Waals surface area contributed by atoms with Crippen LogP contribution in [-0.4, -0.2) is 18.2 Å². The fourth-order valence-corrected chi connectivity index (χ4v) is 2.09. The number of Topliss-reactive ketones (excluding diaryl/α,β-unsaturated/α-hetero) is 1. The molecule has 0 saturated carbocycles. The van der Waals surface area contributed by atoms with Gasteiger partial charge in [-0.1, -0.05) is 19.1 Å². The lowest BCUT2D eigenvalue weighted by atomic mass is 10.1. The molecule has 0 bridgehead atoms. The van der Waals surface area contributed by atoms with E-state index in [0.717, 1.165) is 18.1 Å². The highest BCUT2D eigenvalue weighted by molar-refractivity contribution is 6.52. The molecule has 0 aromatic heterocycles. The summed E-state index contributed by atoms with van der Waals surface area (Å²) in [4.78, 5) is 25.1. The van der Waals surface area contributed by atoms with E-state index in [2.05, 4.69) is 6.58 Å². The molecule has 0 unspecified atom stereocenters. The van der Waals surface area contributed by atoms with Crippen LogP contribution in [0.3, 0.4) is 0 Å². The monoisotopic (exact) mass is 247 g/mol. The summed E-state index contributed by atoms with van der Waals surface area (Å²) in [6.45, 7) is 7.77. The zero-order valence-electron chi connectivity index (χ0n) is 10.4. The van der Waals surface area contributed by atoms with E-state index in [-0.39, 0.29) is 5.56 Å². The van der Waals surface area contributed by atoms with Gasteiger partial charge in [0.05, 0.1) is 11.3 Å². The Labute approximate surface area is 105 Å². The lowest BCUT2D eigenvalue weighted by Gasteiger charge is -2.19. The minimum atomic E-state index is -0.642. The summed E-state index contributed by atoms with van der Waals surface area (Å²) in [5.74, 6) is -1.74. The number of amides is 1. The Morgan fingerprint density at radius 3 is 2.67 bits per heavy atom. The smallest absolute Gasteiger partial charge is 0.299 e. The molecule has 18 heavy (non-hydrogen) atoms. The molecule has 0 spiro atoms. The summed E-state index contributed by atoms with van der Waals surface area (Å²) in [5.41, 5.74) is 2.11. The van der Waals surface area contributed by atoms with E-state index < -0.39 is 17.5 Å². The van der Waals surface area contributed by atoms with Gasteiger partial charge in [0, 0.05) is 6.54 Å². The second-order valence-electron chi connectivity index (χ2n) is 4.44. The minimum Gasteiger partial charge on any atom is -0.300 e. The summed E-state index contributed by atoms with van der Waals surface area (Å²) in [6, 6.07) is 2.45. The van der Waals surface area contributed by atoms with Crippen LogP contribution in [0.2, 0.25) is 0 Å². The van der Waals surface area contributed by atoms with Gasteiger partial charge >= 0.3 is 0 Å². The van der Waals surface area contributed by atoms with Gasteiger partial charge in [-0.2, -0.15) is 0 Å².